The summed E-state index contributed by atoms with van der Waals surface area (Å²) in [6.45, 7) is 3.45. The number of hydrogen-bond acceptors (Lipinski definition) is 5. The van der Waals surface area contributed by atoms with Crippen molar-refractivity contribution in [1.29, 1.82) is 0 Å². The summed E-state index contributed by atoms with van der Waals surface area (Å²) in [7, 11) is 0. The average Bonchev–Trinajstić information content (AvgIpc) is 2.39. The smallest absolute Gasteiger partial charge is 0.304 e. The van der Waals surface area contributed by atoms with Crippen molar-refractivity contribution in [3.8, 4) is 0 Å². The van der Waals surface area contributed by atoms with Crippen molar-refractivity contribution in [2.45, 2.75) is 0 Å². The molecule has 1 aliphatic heterocycles. The van der Waals surface area contributed by atoms with Crippen LogP contribution in [0.5, 0.6) is 0 Å². The summed E-state index contributed by atoms with van der Waals surface area (Å²) in [5.74, 6) is -1.23. The summed E-state index contributed by atoms with van der Waals surface area (Å²) in [5, 5.41) is 16.2. The Morgan fingerprint density at radius 2 is 2.15 bits per heavy atom. The molecule has 1 aliphatic rings. The highest BCUT2D eigenvalue weighted by Gasteiger charge is 2.16. The largest absolute Gasteiger partial charge is 0.325 e. The molecule has 0 aliphatic carbocycles. The zero-order valence-corrected chi connectivity index (χ0v) is 10.8. The summed E-state index contributed by atoms with van der Waals surface area (Å²) in [4.78, 5) is 23.4. The van der Waals surface area contributed by atoms with Crippen molar-refractivity contribution in [2.24, 2.45) is 0 Å². The van der Waals surface area contributed by atoms with Crippen LogP contribution in [-0.2, 0) is 4.79 Å². The highest BCUT2D eigenvalue weighted by molar-refractivity contribution is 5.92. The molecule has 0 spiro atoms. The number of amides is 1. The lowest BCUT2D eigenvalue weighted by molar-refractivity contribution is -0.387. The number of nitro benzene ring substituents is 1. The van der Waals surface area contributed by atoms with E-state index in [1.165, 1.54) is 6.07 Å². The quantitative estimate of drug-likeness (QED) is 0.623. The molecule has 2 rings (SSSR count). The zero-order valence-electron chi connectivity index (χ0n) is 10.8. The molecular weight excluding hydrogens is 267 g/mol. The second-order valence-electron chi connectivity index (χ2n) is 4.50. The Balaban J connectivity index is 1.93. The first-order valence-corrected chi connectivity index (χ1v) is 6.23. The summed E-state index contributed by atoms with van der Waals surface area (Å²) >= 11 is 0. The number of benzene rings is 1. The van der Waals surface area contributed by atoms with Gasteiger partial charge in [-0.15, -0.1) is 0 Å². The Morgan fingerprint density at radius 3 is 2.75 bits per heavy atom. The number of anilines is 1. The van der Waals surface area contributed by atoms with E-state index >= 15 is 0 Å². The molecule has 1 aromatic carbocycles. The molecular formula is C12H15FN4O3. The third-order valence-corrected chi connectivity index (χ3v) is 3.00. The lowest BCUT2D eigenvalue weighted by atomic mass is 10.2. The number of nitrogens with one attached hydrogen (secondary N) is 2. The van der Waals surface area contributed by atoms with Crippen molar-refractivity contribution in [1.82, 2.24) is 10.2 Å². The van der Waals surface area contributed by atoms with Crippen LogP contribution in [0.3, 0.4) is 0 Å². The molecule has 8 heteroatoms. The van der Waals surface area contributed by atoms with E-state index in [9.17, 15) is 19.3 Å². The van der Waals surface area contributed by atoms with E-state index in [4.69, 9.17) is 0 Å². The van der Waals surface area contributed by atoms with Gasteiger partial charge in [0.15, 0.2) is 0 Å². The minimum absolute atomic E-state index is 0.216. The summed E-state index contributed by atoms with van der Waals surface area (Å²) in [5.41, 5.74) is -0.390. The monoisotopic (exact) mass is 282 g/mol. The van der Waals surface area contributed by atoms with Gasteiger partial charge in [-0.25, -0.2) is 0 Å². The van der Waals surface area contributed by atoms with Crippen LogP contribution in [0.1, 0.15) is 0 Å². The first-order valence-electron chi connectivity index (χ1n) is 6.23. The first kappa shape index (κ1) is 14.4. The van der Waals surface area contributed by atoms with Crippen LogP contribution in [-0.4, -0.2) is 48.5 Å². The Kier molecular flexibility index (Phi) is 4.59. The number of nitrogens with zero attached hydrogens (tertiary/aromatic N) is 2. The minimum Gasteiger partial charge on any atom is -0.325 e. The van der Waals surface area contributed by atoms with Gasteiger partial charge in [-0.3, -0.25) is 19.8 Å². The summed E-state index contributed by atoms with van der Waals surface area (Å²) in [6.07, 6.45) is 0. The molecule has 0 saturated carbocycles. The molecule has 1 aromatic rings. The van der Waals surface area contributed by atoms with Crippen molar-refractivity contribution in [3.05, 3.63) is 34.1 Å². The molecule has 1 fully saturated rings. The van der Waals surface area contributed by atoms with Gasteiger partial charge in [0.2, 0.25) is 11.7 Å². The molecule has 1 saturated heterocycles. The fraction of sp³-hybridized carbons (Fsp3) is 0.417. The van der Waals surface area contributed by atoms with Crippen molar-refractivity contribution < 1.29 is 14.1 Å². The molecule has 20 heavy (non-hydrogen) atoms. The van der Waals surface area contributed by atoms with Crippen LogP contribution in [0.15, 0.2) is 18.2 Å². The van der Waals surface area contributed by atoms with Crippen LogP contribution in [0.25, 0.3) is 0 Å². The average molecular weight is 282 g/mol. The maximum absolute atomic E-state index is 13.4. The maximum Gasteiger partial charge on any atom is 0.304 e. The van der Waals surface area contributed by atoms with Crippen molar-refractivity contribution in [3.63, 3.8) is 0 Å². The number of carbonyl (C=O) groups is 1. The second-order valence-corrected chi connectivity index (χ2v) is 4.50. The topological polar surface area (TPSA) is 87.5 Å². The van der Waals surface area contributed by atoms with Gasteiger partial charge in [-0.1, -0.05) is 0 Å². The molecule has 0 radical (unpaired) electrons. The van der Waals surface area contributed by atoms with Gasteiger partial charge >= 0.3 is 5.69 Å². The standard InChI is InChI=1S/C12H15FN4O3/c13-10-7-9(1-2-11(10)17(19)20)15-12(18)8-16-5-3-14-4-6-16/h1-2,7,14H,3-6,8H2,(H,15,18). The van der Waals surface area contributed by atoms with E-state index in [0.717, 1.165) is 38.3 Å². The number of hydrogen-bond donors (Lipinski definition) is 2. The first-order chi connectivity index (χ1) is 9.56. The zero-order chi connectivity index (χ0) is 14.5. The summed E-state index contributed by atoms with van der Waals surface area (Å²) < 4.78 is 13.4. The lowest BCUT2D eigenvalue weighted by Crippen LogP contribution is -2.46. The predicted molar refractivity (Wildman–Crippen MR) is 71.0 cm³/mol. The fourth-order valence-electron chi connectivity index (χ4n) is 2.01. The van der Waals surface area contributed by atoms with E-state index in [0.29, 0.717) is 0 Å². The van der Waals surface area contributed by atoms with Gasteiger partial charge < -0.3 is 10.6 Å². The Labute approximate surface area is 114 Å². The molecule has 0 unspecified atom stereocenters. The molecule has 2 N–H and O–H groups in total. The molecule has 7 nitrogen and oxygen atoms in total. The lowest BCUT2D eigenvalue weighted by Gasteiger charge is -2.26. The minimum atomic E-state index is -0.963. The van der Waals surface area contributed by atoms with Crippen LogP contribution in [0, 0.1) is 15.9 Å². The third kappa shape index (κ3) is 3.72. The molecule has 0 bridgehead atoms. The van der Waals surface area contributed by atoms with Crippen LogP contribution < -0.4 is 10.6 Å². The van der Waals surface area contributed by atoms with E-state index in [-0.39, 0.29) is 18.1 Å². The number of carbonyl (C=O) groups excluding carboxylic acids is 1. The number of piperazine rings is 1. The number of rotatable bonds is 4. The Morgan fingerprint density at radius 1 is 1.45 bits per heavy atom. The normalized spacial score (nSPS) is 15.8. The predicted octanol–water partition coefficient (Wildman–Crippen LogP) is 0.578. The Hall–Kier alpha value is -2.06. The molecule has 0 atom stereocenters. The highest BCUT2D eigenvalue weighted by atomic mass is 19.1. The van der Waals surface area contributed by atoms with E-state index in [2.05, 4.69) is 10.6 Å². The third-order valence-electron chi connectivity index (χ3n) is 3.00. The van der Waals surface area contributed by atoms with E-state index in [1.54, 1.807) is 0 Å². The highest BCUT2D eigenvalue weighted by Crippen LogP contribution is 2.20. The van der Waals surface area contributed by atoms with Crippen molar-refractivity contribution in [2.75, 3.05) is 38.0 Å². The van der Waals surface area contributed by atoms with E-state index in [1.807, 2.05) is 4.90 Å². The molecule has 1 amide bonds. The van der Waals surface area contributed by atoms with Crippen LogP contribution >= 0.6 is 0 Å². The summed E-state index contributed by atoms with van der Waals surface area (Å²) in [6, 6.07) is 3.31. The van der Waals surface area contributed by atoms with Gasteiger partial charge in [0.05, 0.1) is 11.5 Å². The number of nitro groups is 1. The second kappa shape index (κ2) is 6.40. The van der Waals surface area contributed by atoms with E-state index < -0.39 is 16.4 Å². The SMILES string of the molecule is O=C(CN1CCNCC1)Nc1ccc([N+](=O)[O-])c(F)c1. The van der Waals surface area contributed by atoms with Gasteiger partial charge in [0.1, 0.15) is 0 Å². The molecule has 0 aromatic heterocycles. The van der Waals surface area contributed by atoms with Gasteiger partial charge in [-0.2, -0.15) is 4.39 Å². The van der Waals surface area contributed by atoms with Crippen LogP contribution in [0.4, 0.5) is 15.8 Å². The van der Waals surface area contributed by atoms with Gasteiger partial charge in [0, 0.05) is 44.0 Å². The Bertz CT molecular complexity index is 517. The maximum atomic E-state index is 13.4. The van der Waals surface area contributed by atoms with Crippen LogP contribution in [0.2, 0.25) is 0 Å². The molecule has 108 valence electrons. The fourth-order valence-corrected chi connectivity index (χ4v) is 2.01. The van der Waals surface area contributed by atoms with Gasteiger partial charge in [0.25, 0.3) is 0 Å². The number of halogens is 1. The van der Waals surface area contributed by atoms with Gasteiger partial charge in [-0.05, 0) is 6.07 Å². The van der Waals surface area contributed by atoms with Crippen molar-refractivity contribution >= 4 is 17.3 Å². The molecule has 1 heterocycles.